The summed E-state index contributed by atoms with van der Waals surface area (Å²) < 4.78 is 14.7. The highest BCUT2D eigenvalue weighted by atomic mass is 79.9. The molecule has 0 bridgehead atoms. The summed E-state index contributed by atoms with van der Waals surface area (Å²) in [6.07, 6.45) is 0. The summed E-state index contributed by atoms with van der Waals surface area (Å²) in [7, 11) is 0. The molecular formula is C15H8BrCl2FN2. The maximum absolute atomic E-state index is 14.0. The number of rotatable bonds is 1. The fraction of sp³-hybridized carbons (Fsp3) is 0.0667. The second-order valence-electron chi connectivity index (χ2n) is 4.50. The van der Waals surface area contributed by atoms with E-state index in [0.29, 0.717) is 20.7 Å². The maximum Gasteiger partial charge on any atom is 0.161 e. The Morgan fingerprint density at radius 2 is 1.86 bits per heavy atom. The van der Waals surface area contributed by atoms with Crippen LogP contribution in [0, 0.1) is 12.7 Å². The van der Waals surface area contributed by atoms with Crippen LogP contribution in [-0.4, -0.2) is 9.97 Å². The number of hydrogen-bond donors (Lipinski definition) is 0. The van der Waals surface area contributed by atoms with Crippen molar-refractivity contribution >= 4 is 50.0 Å². The predicted molar refractivity (Wildman–Crippen MR) is 87.4 cm³/mol. The smallest absolute Gasteiger partial charge is 0.161 e. The van der Waals surface area contributed by atoms with Gasteiger partial charge in [-0.3, -0.25) is 0 Å². The van der Waals surface area contributed by atoms with Crippen LogP contribution in [-0.2, 0) is 0 Å². The van der Waals surface area contributed by atoms with Crippen LogP contribution in [0.5, 0.6) is 0 Å². The first-order chi connectivity index (χ1) is 9.99. The fourth-order valence-electron chi connectivity index (χ4n) is 2.10. The summed E-state index contributed by atoms with van der Waals surface area (Å²) in [4.78, 5) is 8.58. The minimum Gasteiger partial charge on any atom is -0.225 e. The molecule has 0 unspecified atom stereocenters. The van der Waals surface area contributed by atoms with Crippen LogP contribution in [0.3, 0.4) is 0 Å². The van der Waals surface area contributed by atoms with E-state index in [9.17, 15) is 4.39 Å². The Balaban J connectivity index is 2.36. The average Bonchev–Trinajstić information content (AvgIpc) is 2.45. The van der Waals surface area contributed by atoms with Crippen LogP contribution in [0.15, 0.2) is 34.8 Å². The molecule has 2 nitrogen and oxygen atoms in total. The standard InChI is InChI=1S/C15H8BrCl2FN2/c1-7-8(3-2-4-10(7)17)15-20-13-11(19)6-5-9(16)12(13)14(18)21-15/h2-6H,1H3. The Morgan fingerprint density at radius 1 is 1.10 bits per heavy atom. The molecule has 6 heteroatoms. The van der Waals surface area contributed by atoms with E-state index in [4.69, 9.17) is 23.2 Å². The minimum absolute atomic E-state index is 0.179. The van der Waals surface area contributed by atoms with Gasteiger partial charge in [-0.2, -0.15) is 0 Å². The highest BCUT2D eigenvalue weighted by molar-refractivity contribution is 9.10. The summed E-state index contributed by atoms with van der Waals surface area (Å²) >= 11 is 15.6. The van der Waals surface area contributed by atoms with Crippen LogP contribution in [0.25, 0.3) is 22.3 Å². The lowest BCUT2D eigenvalue weighted by Crippen LogP contribution is -1.96. The molecule has 0 atom stereocenters. The third-order valence-electron chi connectivity index (χ3n) is 3.21. The van der Waals surface area contributed by atoms with Crippen LogP contribution >= 0.6 is 39.1 Å². The molecule has 106 valence electrons. The van der Waals surface area contributed by atoms with E-state index < -0.39 is 5.82 Å². The van der Waals surface area contributed by atoms with Crippen LogP contribution in [0.2, 0.25) is 10.2 Å². The van der Waals surface area contributed by atoms with E-state index in [1.165, 1.54) is 6.07 Å². The van der Waals surface area contributed by atoms with Crippen LogP contribution in [0.1, 0.15) is 5.56 Å². The second-order valence-corrected chi connectivity index (χ2v) is 6.12. The van der Waals surface area contributed by atoms with E-state index in [1.807, 2.05) is 13.0 Å². The summed E-state index contributed by atoms with van der Waals surface area (Å²) in [5.41, 5.74) is 1.73. The van der Waals surface area contributed by atoms with Gasteiger partial charge < -0.3 is 0 Å². The van der Waals surface area contributed by atoms with Crippen molar-refractivity contribution in [2.45, 2.75) is 6.92 Å². The molecule has 0 amide bonds. The fourth-order valence-corrected chi connectivity index (χ4v) is 3.16. The van der Waals surface area contributed by atoms with Crippen molar-refractivity contribution in [1.82, 2.24) is 9.97 Å². The normalized spacial score (nSPS) is 11.1. The largest absolute Gasteiger partial charge is 0.225 e. The van der Waals surface area contributed by atoms with Crippen LogP contribution in [0.4, 0.5) is 4.39 Å². The number of hydrogen-bond acceptors (Lipinski definition) is 2. The molecule has 0 aliphatic carbocycles. The van der Waals surface area contributed by atoms with Crippen molar-refractivity contribution in [3.8, 4) is 11.4 Å². The number of halogens is 4. The summed E-state index contributed by atoms with van der Waals surface area (Å²) in [6.45, 7) is 1.86. The van der Waals surface area contributed by atoms with E-state index in [2.05, 4.69) is 25.9 Å². The third kappa shape index (κ3) is 2.52. The van der Waals surface area contributed by atoms with Crippen molar-refractivity contribution in [3.05, 3.63) is 56.4 Å². The summed E-state index contributed by atoms with van der Waals surface area (Å²) in [6, 6.07) is 8.32. The third-order valence-corrected chi connectivity index (χ3v) is 4.56. The number of fused-ring (bicyclic) bond motifs is 1. The lowest BCUT2D eigenvalue weighted by atomic mass is 10.1. The van der Waals surface area contributed by atoms with Gasteiger partial charge in [-0.05, 0) is 46.6 Å². The zero-order valence-electron chi connectivity index (χ0n) is 10.8. The maximum atomic E-state index is 14.0. The lowest BCUT2D eigenvalue weighted by Gasteiger charge is -2.09. The molecule has 0 fully saturated rings. The number of aromatic nitrogens is 2. The molecule has 0 radical (unpaired) electrons. The van der Waals surface area contributed by atoms with Gasteiger partial charge in [0.25, 0.3) is 0 Å². The Kier molecular flexibility index (Phi) is 3.86. The van der Waals surface area contributed by atoms with Crippen LogP contribution < -0.4 is 0 Å². The molecule has 21 heavy (non-hydrogen) atoms. The van der Waals surface area contributed by atoms with E-state index >= 15 is 0 Å². The predicted octanol–water partition coefficient (Wildman–Crippen LogP) is 5.81. The van der Waals surface area contributed by atoms with Crippen molar-refractivity contribution in [3.63, 3.8) is 0 Å². The molecule has 0 aliphatic heterocycles. The van der Waals surface area contributed by atoms with E-state index in [0.717, 1.165) is 11.1 Å². The molecule has 3 aromatic rings. The number of nitrogens with zero attached hydrogens (tertiary/aromatic N) is 2. The SMILES string of the molecule is Cc1c(Cl)cccc1-c1nc(Cl)c2c(Br)ccc(F)c2n1. The molecule has 0 saturated heterocycles. The first-order valence-electron chi connectivity index (χ1n) is 6.06. The first-order valence-corrected chi connectivity index (χ1v) is 7.60. The Bertz CT molecular complexity index is 868. The van der Waals surface area contributed by atoms with Gasteiger partial charge in [0.05, 0.1) is 5.39 Å². The molecule has 1 aromatic heterocycles. The van der Waals surface area contributed by atoms with Gasteiger partial charge in [0.2, 0.25) is 0 Å². The van der Waals surface area contributed by atoms with Gasteiger partial charge in [-0.1, -0.05) is 35.3 Å². The molecule has 0 aliphatic rings. The quantitative estimate of drug-likeness (QED) is 0.493. The molecule has 1 heterocycles. The Labute approximate surface area is 139 Å². The van der Waals surface area contributed by atoms with Gasteiger partial charge in [-0.25, -0.2) is 14.4 Å². The second kappa shape index (κ2) is 5.52. The van der Waals surface area contributed by atoms with Gasteiger partial charge in [0, 0.05) is 15.1 Å². The molecular weight excluding hydrogens is 378 g/mol. The van der Waals surface area contributed by atoms with Crippen molar-refractivity contribution < 1.29 is 4.39 Å². The summed E-state index contributed by atoms with van der Waals surface area (Å²) in [5, 5.41) is 1.25. The molecule has 0 saturated carbocycles. The minimum atomic E-state index is -0.446. The molecule has 0 spiro atoms. The highest BCUT2D eigenvalue weighted by Crippen LogP contribution is 2.33. The van der Waals surface area contributed by atoms with Crippen molar-refractivity contribution in [1.29, 1.82) is 0 Å². The van der Waals surface area contributed by atoms with Gasteiger partial charge in [-0.15, -0.1) is 0 Å². The Morgan fingerprint density at radius 3 is 2.62 bits per heavy atom. The zero-order valence-corrected chi connectivity index (χ0v) is 13.9. The molecule has 0 N–H and O–H groups in total. The average molecular weight is 386 g/mol. The first kappa shape index (κ1) is 14.7. The van der Waals surface area contributed by atoms with Crippen molar-refractivity contribution in [2.75, 3.05) is 0 Å². The van der Waals surface area contributed by atoms with Gasteiger partial charge >= 0.3 is 0 Å². The number of benzene rings is 2. The molecule has 3 rings (SSSR count). The molecule has 2 aromatic carbocycles. The van der Waals surface area contributed by atoms with Gasteiger partial charge in [0.1, 0.15) is 16.5 Å². The summed E-state index contributed by atoms with van der Waals surface area (Å²) in [5.74, 6) is -0.0945. The zero-order chi connectivity index (χ0) is 15.1. The van der Waals surface area contributed by atoms with E-state index in [-0.39, 0.29) is 10.7 Å². The lowest BCUT2D eigenvalue weighted by molar-refractivity contribution is 0.636. The van der Waals surface area contributed by atoms with E-state index in [1.54, 1.807) is 18.2 Å². The van der Waals surface area contributed by atoms with Gasteiger partial charge in [0.15, 0.2) is 5.82 Å². The van der Waals surface area contributed by atoms with Crippen molar-refractivity contribution in [2.24, 2.45) is 0 Å². The monoisotopic (exact) mass is 384 g/mol. The highest BCUT2D eigenvalue weighted by Gasteiger charge is 2.15. The topological polar surface area (TPSA) is 25.8 Å². The Hall–Kier alpha value is -1.23.